The minimum atomic E-state index is 0.177. The van der Waals surface area contributed by atoms with Crippen molar-refractivity contribution in [2.75, 3.05) is 6.61 Å². The third-order valence-corrected chi connectivity index (χ3v) is 4.20. The van der Waals surface area contributed by atoms with Gasteiger partial charge in [-0.25, -0.2) is 0 Å². The lowest BCUT2D eigenvalue weighted by molar-refractivity contribution is 0.300. The summed E-state index contributed by atoms with van der Waals surface area (Å²) in [6, 6.07) is 23.6. The van der Waals surface area contributed by atoms with E-state index in [0.717, 1.165) is 0 Å². The summed E-state index contributed by atoms with van der Waals surface area (Å²) < 4.78 is 0. The molecule has 4 aromatic carbocycles. The molecule has 0 aliphatic heterocycles. The van der Waals surface area contributed by atoms with Crippen molar-refractivity contribution in [1.29, 1.82) is 0 Å². The molecule has 21 heavy (non-hydrogen) atoms. The van der Waals surface area contributed by atoms with Gasteiger partial charge in [-0.2, -0.15) is 0 Å². The summed E-state index contributed by atoms with van der Waals surface area (Å²) in [5.41, 5.74) is 1.25. The van der Waals surface area contributed by atoms with E-state index < -0.39 is 0 Å². The monoisotopic (exact) mass is 272 g/mol. The van der Waals surface area contributed by atoms with Crippen molar-refractivity contribution in [2.24, 2.45) is 0 Å². The maximum atomic E-state index is 9.45. The molecule has 0 heterocycles. The highest BCUT2D eigenvalue weighted by Gasteiger charge is 2.08. The summed E-state index contributed by atoms with van der Waals surface area (Å²) in [5.74, 6) is 0. The van der Waals surface area contributed by atoms with Crippen molar-refractivity contribution in [1.82, 2.24) is 0 Å². The maximum absolute atomic E-state index is 9.45. The first-order chi connectivity index (χ1) is 10.4. The molecule has 102 valence electrons. The van der Waals surface area contributed by atoms with Crippen LogP contribution in [0.15, 0.2) is 66.7 Å². The van der Waals surface area contributed by atoms with Crippen molar-refractivity contribution < 1.29 is 5.11 Å². The predicted molar refractivity (Wildman–Crippen MR) is 89.7 cm³/mol. The molecule has 0 aliphatic rings. The molecule has 0 fully saturated rings. The highest BCUT2D eigenvalue weighted by Crippen LogP contribution is 2.31. The summed E-state index contributed by atoms with van der Waals surface area (Å²) in [6.45, 7) is 0.177. The summed E-state index contributed by atoms with van der Waals surface area (Å²) >= 11 is 0. The Hall–Kier alpha value is -2.38. The summed E-state index contributed by atoms with van der Waals surface area (Å²) in [5, 5.41) is 16.9. The topological polar surface area (TPSA) is 20.2 Å². The number of hydrogen-bond acceptors (Lipinski definition) is 1. The van der Waals surface area contributed by atoms with E-state index in [1.165, 1.54) is 37.9 Å². The van der Waals surface area contributed by atoms with E-state index in [-0.39, 0.29) is 6.61 Å². The van der Waals surface area contributed by atoms with Gasteiger partial charge < -0.3 is 5.11 Å². The van der Waals surface area contributed by atoms with Gasteiger partial charge >= 0.3 is 0 Å². The van der Waals surface area contributed by atoms with Crippen molar-refractivity contribution in [3.63, 3.8) is 0 Å². The molecule has 0 aromatic heterocycles. The lowest BCUT2D eigenvalue weighted by atomic mass is 9.93. The molecule has 1 N–H and O–H groups in total. The lowest BCUT2D eigenvalue weighted by Gasteiger charge is -2.12. The van der Waals surface area contributed by atoms with Gasteiger partial charge in [-0.05, 0) is 62.5 Å². The van der Waals surface area contributed by atoms with Crippen molar-refractivity contribution in [3.8, 4) is 0 Å². The number of benzene rings is 4. The van der Waals surface area contributed by atoms with E-state index in [2.05, 4.69) is 66.7 Å². The molecule has 1 heteroatoms. The largest absolute Gasteiger partial charge is 0.396 e. The Morgan fingerprint density at radius 3 is 2.00 bits per heavy atom. The Balaban J connectivity index is 2.19. The molecule has 0 saturated carbocycles. The van der Waals surface area contributed by atoms with Gasteiger partial charge in [0, 0.05) is 6.61 Å². The fourth-order valence-corrected chi connectivity index (χ4v) is 3.23. The van der Waals surface area contributed by atoms with E-state index in [4.69, 9.17) is 0 Å². The van der Waals surface area contributed by atoms with Crippen LogP contribution in [-0.4, -0.2) is 11.7 Å². The summed E-state index contributed by atoms with van der Waals surface area (Å²) in [7, 11) is 0. The van der Waals surface area contributed by atoms with Gasteiger partial charge in [0.1, 0.15) is 0 Å². The van der Waals surface area contributed by atoms with Gasteiger partial charge in [0.25, 0.3) is 0 Å². The van der Waals surface area contributed by atoms with Crippen LogP contribution >= 0.6 is 0 Å². The van der Waals surface area contributed by atoms with Gasteiger partial charge in [0.15, 0.2) is 0 Å². The molecule has 0 unspecified atom stereocenters. The number of aliphatic hydroxyl groups is 1. The molecule has 4 aromatic rings. The Kier molecular flexibility index (Phi) is 2.87. The Morgan fingerprint density at radius 2 is 1.24 bits per heavy atom. The zero-order chi connectivity index (χ0) is 14.2. The quantitative estimate of drug-likeness (QED) is 0.525. The molecule has 0 saturated heterocycles. The fourth-order valence-electron chi connectivity index (χ4n) is 3.23. The average molecular weight is 272 g/mol. The number of fused-ring (bicyclic) bond motifs is 3. The van der Waals surface area contributed by atoms with Gasteiger partial charge in [-0.1, -0.05) is 48.5 Å². The SMILES string of the molecule is OCCc1c2ccccc2cc2cc3ccccc3cc12. The van der Waals surface area contributed by atoms with Crippen LogP contribution < -0.4 is 0 Å². The third-order valence-electron chi connectivity index (χ3n) is 4.20. The van der Waals surface area contributed by atoms with Crippen molar-refractivity contribution >= 4 is 32.3 Å². The van der Waals surface area contributed by atoms with Crippen LogP contribution in [0.25, 0.3) is 32.3 Å². The molecule has 0 amide bonds. The third kappa shape index (κ3) is 1.98. The van der Waals surface area contributed by atoms with Crippen LogP contribution in [-0.2, 0) is 6.42 Å². The molecule has 4 rings (SSSR count). The zero-order valence-corrected chi connectivity index (χ0v) is 11.7. The molecule has 0 radical (unpaired) electrons. The van der Waals surface area contributed by atoms with Crippen molar-refractivity contribution in [2.45, 2.75) is 6.42 Å². The fraction of sp³-hybridized carbons (Fsp3) is 0.100. The smallest absolute Gasteiger partial charge is 0.0471 e. The Labute approximate surface area is 123 Å². The van der Waals surface area contributed by atoms with E-state index in [0.29, 0.717) is 6.42 Å². The molecule has 1 nitrogen and oxygen atoms in total. The molecule has 0 spiro atoms. The van der Waals surface area contributed by atoms with Crippen LogP contribution in [0.5, 0.6) is 0 Å². The second kappa shape index (κ2) is 4.87. The minimum absolute atomic E-state index is 0.177. The van der Waals surface area contributed by atoms with E-state index >= 15 is 0 Å². The zero-order valence-electron chi connectivity index (χ0n) is 11.7. The van der Waals surface area contributed by atoms with Crippen LogP contribution in [0.2, 0.25) is 0 Å². The normalized spacial score (nSPS) is 11.5. The van der Waals surface area contributed by atoms with E-state index in [1.807, 2.05) is 0 Å². The number of rotatable bonds is 2. The van der Waals surface area contributed by atoms with Crippen LogP contribution in [0.3, 0.4) is 0 Å². The van der Waals surface area contributed by atoms with Crippen molar-refractivity contribution in [3.05, 3.63) is 72.3 Å². The van der Waals surface area contributed by atoms with Gasteiger partial charge in [0.05, 0.1) is 0 Å². The highest BCUT2D eigenvalue weighted by molar-refractivity contribution is 6.07. The van der Waals surface area contributed by atoms with Gasteiger partial charge in [-0.3, -0.25) is 0 Å². The Morgan fingerprint density at radius 1 is 0.619 bits per heavy atom. The van der Waals surface area contributed by atoms with Gasteiger partial charge in [-0.15, -0.1) is 0 Å². The maximum Gasteiger partial charge on any atom is 0.0471 e. The Bertz CT molecular complexity index is 948. The number of aliphatic hydroxyl groups excluding tert-OH is 1. The summed E-state index contributed by atoms with van der Waals surface area (Å²) in [6.07, 6.45) is 0.691. The second-order valence-corrected chi connectivity index (χ2v) is 5.47. The van der Waals surface area contributed by atoms with Crippen LogP contribution in [0.1, 0.15) is 5.56 Å². The summed E-state index contributed by atoms with van der Waals surface area (Å²) in [4.78, 5) is 0. The number of hydrogen-bond donors (Lipinski definition) is 1. The van der Waals surface area contributed by atoms with Crippen LogP contribution in [0, 0.1) is 0 Å². The van der Waals surface area contributed by atoms with E-state index in [9.17, 15) is 5.11 Å². The molecule has 0 aliphatic carbocycles. The predicted octanol–water partition coefficient (Wildman–Crippen LogP) is 4.68. The van der Waals surface area contributed by atoms with E-state index in [1.54, 1.807) is 0 Å². The lowest BCUT2D eigenvalue weighted by Crippen LogP contribution is -1.94. The van der Waals surface area contributed by atoms with Gasteiger partial charge in [0.2, 0.25) is 0 Å². The first-order valence-electron chi connectivity index (χ1n) is 7.31. The first kappa shape index (κ1) is 12.4. The molecular formula is C20H16O. The molecular weight excluding hydrogens is 256 g/mol. The first-order valence-corrected chi connectivity index (χ1v) is 7.31. The molecule has 0 atom stereocenters. The second-order valence-electron chi connectivity index (χ2n) is 5.47. The average Bonchev–Trinajstić information content (AvgIpc) is 2.53. The standard InChI is InChI=1S/C20H16O/c21-10-9-19-18-8-4-3-7-16(18)12-17-11-14-5-1-2-6-15(14)13-20(17)19/h1-8,11-13,21H,9-10H2. The van der Waals surface area contributed by atoms with Crippen LogP contribution in [0.4, 0.5) is 0 Å². The molecule has 0 bridgehead atoms. The highest BCUT2D eigenvalue weighted by atomic mass is 16.2. The minimum Gasteiger partial charge on any atom is -0.396 e.